The standard InChI is InChI=1S/C12H17N3O/c1-9-11(13-8-14-12(9)16-2)15-10-6-4-3-5-7-10/h3-4,8,10H,5-7H2,1-2H3,(H,13,14,15). The number of nitrogens with one attached hydrogen (secondary N) is 1. The molecular weight excluding hydrogens is 202 g/mol. The zero-order valence-electron chi connectivity index (χ0n) is 9.73. The van der Waals surface area contributed by atoms with Crippen LogP contribution in [0.3, 0.4) is 0 Å². The van der Waals surface area contributed by atoms with Crippen molar-refractivity contribution < 1.29 is 4.74 Å². The summed E-state index contributed by atoms with van der Waals surface area (Å²) in [4.78, 5) is 8.32. The average molecular weight is 219 g/mol. The van der Waals surface area contributed by atoms with Crippen molar-refractivity contribution in [2.75, 3.05) is 12.4 Å². The van der Waals surface area contributed by atoms with E-state index in [-0.39, 0.29) is 0 Å². The summed E-state index contributed by atoms with van der Waals surface area (Å²) in [7, 11) is 1.63. The molecule has 0 bridgehead atoms. The normalized spacial score (nSPS) is 19.5. The highest BCUT2D eigenvalue weighted by molar-refractivity contribution is 5.48. The molecule has 4 nitrogen and oxygen atoms in total. The summed E-state index contributed by atoms with van der Waals surface area (Å²) in [5, 5.41) is 3.44. The summed E-state index contributed by atoms with van der Waals surface area (Å²) >= 11 is 0. The third-order valence-electron chi connectivity index (χ3n) is 2.84. The Bertz CT molecular complexity index is 390. The van der Waals surface area contributed by atoms with Crippen LogP contribution in [0.4, 0.5) is 5.82 Å². The van der Waals surface area contributed by atoms with Gasteiger partial charge in [0, 0.05) is 6.04 Å². The molecule has 16 heavy (non-hydrogen) atoms. The Kier molecular flexibility index (Phi) is 3.39. The van der Waals surface area contributed by atoms with E-state index < -0.39 is 0 Å². The molecule has 1 N–H and O–H groups in total. The summed E-state index contributed by atoms with van der Waals surface area (Å²) in [5.74, 6) is 1.52. The minimum absolute atomic E-state index is 0.475. The summed E-state index contributed by atoms with van der Waals surface area (Å²) in [6.07, 6.45) is 9.33. The van der Waals surface area contributed by atoms with Crippen molar-refractivity contribution >= 4 is 5.82 Å². The molecule has 0 aromatic carbocycles. The van der Waals surface area contributed by atoms with Gasteiger partial charge in [0.25, 0.3) is 0 Å². The van der Waals surface area contributed by atoms with Crippen LogP contribution in [0.2, 0.25) is 0 Å². The molecule has 4 heteroatoms. The number of allylic oxidation sites excluding steroid dienone is 1. The quantitative estimate of drug-likeness (QED) is 0.792. The molecule has 0 aliphatic heterocycles. The highest BCUT2D eigenvalue weighted by Gasteiger charge is 2.13. The lowest BCUT2D eigenvalue weighted by Gasteiger charge is -2.21. The van der Waals surface area contributed by atoms with Gasteiger partial charge >= 0.3 is 0 Å². The fraction of sp³-hybridized carbons (Fsp3) is 0.500. The molecule has 86 valence electrons. The Labute approximate surface area is 95.8 Å². The van der Waals surface area contributed by atoms with Crippen molar-refractivity contribution in [1.82, 2.24) is 9.97 Å². The fourth-order valence-electron chi connectivity index (χ4n) is 1.90. The summed E-state index contributed by atoms with van der Waals surface area (Å²) in [5.41, 5.74) is 0.972. The van der Waals surface area contributed by atoms with Crippen LogP contribution in [0.15, 0.2) is 18.5 Å². The van der Waals surface area contributed by atoms with Gasteiger partial charge < -0.3 is 10.1 Å². The monoisotopic (exact) mass is 219 g/mol. The number of aromatic nitrogens is 2. The van der Waals surface area contributed by atoms with E-state index in [0.29, 0.717) is 11.9 Å². The maximum atomic E-state index is 5.17. The third kappa shape index (κ3) is 2.32. The molecule has 0 amide bonds. The summed E-state index contributed by atoms with van der Waals surface area (Å²) in [6, 6.07) is 0.475. The second-order valence-corrected chi connectivity index (χ2v) is 3.98. The van der Waals surface area contributed by atoms with Crippen molar-refractivity contribution in [3.63, 3.8) is 0 Å². The molecule has 0 fully saturated rings. The first-order chi connectivity index (χ1) is 7.81. The van der Waals surface area contributed by atoms with Crippen molar-refractivity contribution in [3.05, 3.63) is 24.0 Å². The highest BCUT2D eigenvalue weighted by atomic mass is 16.5. The third-order valence-corrected chi connectivity index (χ3v) is 2.84. The molecule has 0 saturated heterocycles. The Morgan fingerprint density at radius 3 is 2.94 bits per heavy atom. The molecule has 2 rings (SSSR count). The van der Waals surface area contributed by atoms with Gasteiger partial charge in [-0.3, -0.25) is 0 Å². The molecule has 1 aromatic heterocycles. The van der Waals surface area contributed by atoms with Crippen LogP contribution >= 0.6 is 0 Å². The van der Waals surface area contributed by atoms with Gasteiger partial charge in [-0.15, -0.1) is 0 Å². The molecule has 0 saturated carbocycles. The van der Waals surface area contributed by atoms with Gasteiger partial charge in [0.2, 0.25) is 5.88 Å². The van der Waals surface area contributed by atoms with Gasteiger partial charge in [0.1, 0.15) is 12.1 Å². The smallest absolute Gasteiger partial charge is 0.221 e. The summed E-state index contributed by atoms with van der Waals surface area (Å²) < 4.78 is 5.17. The van der Waals surface area contributed by atoms with E-state index in [1.165, 1.54) is 6.33 Å². The van der Waals surface area contributed by atoms with Crippen LogP contribution in [0.25, 0.3) is 0 Å². The predicted octanol–water partition coefficient (Wildman–Crippen LogP) is 2.31. The second-order valence-electron chi connectivity index (χ2n) is 3.98. The van der Waals surface area contributed by atoms with Crippen molar-refractivity contribution in [3.8, 4) is 5.88 Å². The van der Waals surface area contributed by atoms with Crippen molar-refractivity contribution in [1.29, 1.82) is 0 Å². The van der Waals surface area contributed by atoms with Gasteiger partial charge in [-0.2, -0.15) is 0 Å². The highest BCUT2D eigenvalue weighted by Crippen LogP contribution is 2.23. The SMILES string of the molecule is COc1ncnc(NC2CC=CCC2)c1C. The van der Waals surface area contributed by atoms with E-state index in [9.17, 15) is 0 Å². The van der Waals surface area contributed by atoms with E-state index in [4.69, 9.17) is 4.74 Å². The van der Waals surface area contributed by atoms with Crippen LogP contribution in [0.1, 0.15) is 24.8 Å². The number of ether oxygens (including phenoxy) is 1. The average Bonchev–Trinajstić information content (AvgIpc) is 2.33. The number of hydrogen-bond donors (Lipinski definition) is 1. The molecule has 1 aliphatic rings. The lowest BCUT2D eigenvalue weighted by Crippen LogP contribution is -2.21. The lowest BCUT2D eigenvalue weighted by atomic mass is 10.0. The number of methoxy groups -OCH3 is 1. The Balaban J connectivity index is 2.11. The summed E-state index contributed by atoms with van der Waals surface area (Å²) in [6.45, 7) is 1.97. The number of anilines is 1. The van der Waals surface area contributed by atoms with Crippen molar-refractivity contribution in [2.24, 2.45) is 0 Å². The maximum absolute atomic E-state index is 5.17. The minimum Gasteiger partial charge on any atom is -0.481 e. The lowest BCUT2D eigenvalue weighted by molar-refractivity contribution is 0.393. The van der Waals surface area contributed by atoms with Crippen molar-refractivity contribution in [2.45, 2.75) is 32.2 Å². The largest absolute Gasteiger partial charge is 0.481 e. The van der Waals surface area contributed by atoms with Gasteiger partial charge in [-0.05, 0) is 26.2 Å². The number of hydrogen-bond acceptors (Lipinski definition) is 4. The second kappa shape index (κ2) is 4.96. The molecule has 0 radical (unpaired) electrons. The molecule has 0 spiro atoms. The van der Waals surface area contributed by atoms with E-state index in [1.54, 1.807) is 7.11 Å². The van der Waals surface area contributed by atoms with E-state index in [2.05, 4.69) is 27.4 Å². The van der Waals surface area contributed by atoms with Crippen LogP contribution < -0.4 is 10.1 Å². The van der Waals surface area contributed by atoms with E-state index >= 15 is 0 Å². The van der Waals surface area contributed by atoms with E-state index in [0.717, 1.165) is 30.6 Å². The van der Waals surface area contributed by atoms with Crippen LogP contribution in [-0.2, 0) is 0 Å². The Hall–Kier alpha value is -1.58. The fourth-order valence-corrected chi connectivity index (χ4v) is 1.90. The molecule has 1 heterocycles. The van der Waals surface area contributed by atoms with Gasteiger partial charge in [0.05, 0.1) is 12.7 Å². The minimum atomic E-state index is 0.475. The van der Waals surface area contributed by atoms with Gasteiger partial charge in [0.15, 0.2) is 0 Å². The first-order valence-electron chi connectivity index (χ1n) is 5.58. The molecule has 1 atom stereocenters. The Morgan fingerprint density at radius 1 is 1.38 bits per heavy atom. The molecule has 1 aliphatic carbocycles. The Morgan fingerprint density at radius 2 is 2.25 bits per heavy atom. The zero-order valence-corrected chi connectivity index (χ0v) is 9.73. The molecular formula is C12H17N3O. The van der Waals surface area contributed by atoms with Gasteiger partial charge in [-0.25, -0.2) is 9.97 Å². The predicted molar refractivity (Wildman–Crippen MR) is 63.7 cm³/mol. The van der Waals surface area contributed by atoms with Crippen LogP contribution in [0.5, 0.6) is 5.88 Å². The number of rotatable bonds is 3. The van der Waals surface area contributed by atoms with Crippen LogP contribution in [0, 0.1) is 6.92 Å². The van der Waals surface area contributed by atoms with E-state index in [1.807, 2.05) is 6.92 Å². The maximum Gasteiger partial charge on any atom is 0.221 e. The first-order valence-corrected chi connectivity index (χ1v) is 5.58. The van der Waals surface area contributed by atoms with Gasteiger partial charge in [-0.1, -0.05) is 12.2 Å². The first kappa shape index (κ1) is 10.9. The molecule has 1 unspecified atom stereocenters. The van der Waals surface area contributed by atoms with Crippen LogP contribution in [-0.4, -0.2) is 23.1 Å². The topological polar surface area (TPSA) is 47.0 Å². The molecule has 1 aromatic rings. The number of nitrogens with zero attached hydrogens (tertiary/aromatic N) is 2. The zero-order chi connectivity index (χ0) is 11.4.